The largest absolute Gasteiger partial charge is 0.393 e. The molecule has 2 bridgehead atoms. The molecule has 13 atom stereocenters. The number of carbonyl (C=O) groups excluding carboxylic acids is 16. The van der Waals surface area contributed by atoms with Gasteiger partial charge in [0.15, 0.2) is 5.96 Å². The summed E-state index contributed by atoms with van der Waals surface area (Å²) in [5.74, 6) is -13.7. The summed E-state index contributed by atoms with van der Waals surface area (Å²) in [6.07, 6.45) is -1.05. The van der Waals surface area contributed by atoms with E-state index in [0.29, 0.717) is 55.2 Å². The SMILES string of the molecule is CCC(=O)[C@@H](C)CC(=O)[C@@H](CCCCN=C(N)N)CC(=O)[C@H](CC(=O)[C@H](CC(=O)[C@H](CC(=O)[C@@H](C)CC(=O)[C@H]1CSCCC(=O)N2CN(C(=O)CCSC[C@@H](CC(=O)CC(C)C)C(C)=O)CN(C2)C(=O)CCSC[C@@H](CC(C)C)C(=O)C[C@H](C(C)C)C(=O)CC(C)C(=O)C[C@H](C(C)C)C(=O)C1)CC(C)C)Cc1ccccc1)C(C)O. The molecule has 646 valence electrons. The molecular formula is C89H140N6O17S3. The van der Waals surface area contributed by atoms with Gasteiger partial charge in [0.25, 0.3) is 0 Å². The maximum atomic E-state index is 15.0. The Labute approximate surface area is 698 Å². The molecule has 1 aromatic carbocycles. The maximum Gasteiger partial charge on any atom is 0.226 e. The van der Waals surface area contributed by atoms with E-state index in [4.69, 9.17) is 11.5 Å². The summed E-state index contributed by atoms with van der Waals surface area (Å²) in [5.41, 5.74) is 11.8. The lowest BCUT2D eigenvalue weighted by Gasteiger charge is -2.42. The number of benzene rings is 1. The first-order chi connectivity index (χ1) is 54.0. The number of unbranched alkanes of at least 4 members (excludes halogenated alkanes) is 1. The molecule has 26 heteroatoms. The van der Waals surface area contributed by atoms with Crippen LogP contribution in [0.5, 0.6) is 0 Å². The van der Waals surface area contributed by atoms with Gasteiger partial charge in [0.05, 0.1) is 32.0 Å². The second kappa shape index (κ2) is 53.2. The van der Waals surface area contributed by atoms with E-state index in [1.54, 1.807) is 59.7 Å². The van der Waals surface area contributed by atoms with Gasteiger partial charge in [-0.2, -0.15) is 35.3 Å². The Morgan fingerprint density at radius 3 is 1.66 bits per heavy atom. The van der Waals surface area contributed by atoms with Crippen LogP contribution in [0.25, 0.3) is 0 Å². The molecule has 5 N–H and O–H groups in total. The van der Waals surface area contributed by atoms with E-state index >= 15 is 4.79 Å². The highest BCUT2D eigenvalue weighted by Crippen LogP contribution is 2.34. The first kappa shape index (κ1) is 103. The first-order valence-electron chi connectivity index (χ1n) is 42.2. The molecule has 0 aromatic heterocycles. The fraction of sp³-hybridized carbons (Fsp3) is 0.742. The van der Waals surface area contributed by atoms with Crippen molar-refractivity contribution in [1.29, 1.82) is 0 Å². The van der Waals surface area contributed by atoms with E-state index in [1.807, 2.05) is 67.5 Å². The minimum absolute atomic E-state index is 0.00291. The molecule has 3 rings (SSSR count). The number of rotatable bonds is 44. The molecule has 2 aliphatic rings. The molecule has 2 fully saturated rings. The Hall–Kier alpha value is -6.38. The molecule has 2 heterocycles. The number of aliphatic imine (C=N–C) groups is 1. The monoisotopic (exact) mass is 1660 g/mol. The number of aliphatic hydroxyl groups is 1. The summed E-state index contributed by atoms with van der Waals surface area (Å²) in [6, 6.07) is 9.00. The number of thioether (sulfide) groups is 3. The van der Waals surface area contributed by atoms with Crippen molar-refractivity contribution in [3.63, 3.8) is 0 Å². The predicted molar refractivity (Wildman–Crippen MR) is 456 cm³/mol. The van der Waals surface area contributed by atoms with Crippen LogP contribution in [0.15, 0.2) is 35.3 Å². The van der Waals surface area contributed by atoms with Gasteiger partial charge in [0, 0.05) is 209 Å². The van der Waals surface area contributed by atoms with Crippen molar-refractivity contribution in [2.75, 3.05) is 61.1 Å². The number of carbonyl (C=O) groups is 16. The number of ketones is 13. The highest BCUT2D eigenvalue weighted by Gasteiger charge is 2.40. The van der Waals surface area contributed by atoms with Gasteiger partial charge in [-0.3, -0.25) is 81.7 Å². The molecule has 0 saturated carbocycles. The van der Waals surface area contributed by atoms with Crippen molar-refractivity contribution in [2.45, 2.75) is 258 Å². The quantitative estimate of drug-likeness (QED) is 0.0310. The van der Waals surface area contributed by atoms with Crippen LogP contribution in [0, 0.1) is 101 Å². The van der Waals surface area contributed by atoms with E-state index in [9.17, 15) is 77.0 Å². The minimum Gasteiger partial charge on any atom is -0.393 e. The van der Waals surface area contributed by atoms with E-state index in [-0.39, 0.29) is 240 Å². The summed E-state index contributed by atoms with van der Waals surface area (Å²) in [4.78, 5) is 235. The number of Topliss-reactive ketones (excluding diaryl/α,β-unsaturated/α-hetero) is 13. The molecule has 0 spiro atoms. The van der Waals surface area contributed by atoms with E-state index in [2.05, 4.69) is 4.99 Å². The van der Waals surface area contributed by atoms with E-state index < -0.39 is 113 Å². The molecule has 2 aliphatic heterocycles. The highest BCUT2D eigenvalue weighted by molar-refractivity contribution is 7.99. The van der Waals surface area contributed by atoms with Crippen LogP contribution in [-0.2, 0) is 83.1 Å². The molecule has 2 saturated heterocycles. The third kappa shape index (κ3) is 38.5. The van der Waals surface area contributed by atoms with Crippen LogP contribution in [0.2, 0.25) is 0 Å². The molecule has 2 unspecified atom stereocenters. The number of fused-ring (bicyclic) bond motifs is 2. The molecule has 23 nitrogen and oxygen atoms in total. The second-order valence-electron chi connectivity index (χ2n) is 34.9. The molecule has 115 heavy (non-hydrogen) atoms. The third-order valence-electron chi connectivity index (χ3n) is 22.5. The van der Waals surface area contributed by atoms with Gasteiger partial charge in [-0.15, -0.1) is 0 Å². The van der Waals surface area contributed by atoms with Crippen molar-refractivity contribution >= 4 is 134 Å². The number of nitrogens with two attached hydrogens (primary N) is 2. The van der Waals surface area contributed by atoms with Gasteiger partial charge < -0.3 is 31.3 Å². The summed E-state index contributed by atoms with van der Waals surface area (Å²) < 4.78 is 0. The molecule has 1 aromatic rings. The maximum absolute atomic E-state index is 15.0. The second-order valence-corrected chi connectivity index (χ2v) is 38.3. The van der Waals surface area contributed by atoms with Crippen LogP contribution in [0.1, 0.15) is 251 Å². The standard InChI is InChI=1S/C89H140N6O17S3/c1-17-75(99)59(12)36-78(102)65(25-21-22-29-92-89(90)91)41-85(109)74(63(16)97)47-81(105)67(39-64-23-19-18-20-24-64)43-80(104)66(33-54(2)3)42-76(100)60(13)37-79(103)70-44-84(108)72(57(8)9)45-77(101)61(14)38-83(107)73(58(10)11)46-82(106)69(34-55(4)5)49-114-31-27-87(111)94-51-93(52-95(53-94)88(112)28-32-115-50-70)86(110)26-30-113-48-68(62(15)96)40-71(98)35-56(6)7/h18-20,23-24,54-61,63,65-70,72-74,97H,17,21-22,25-53H2,1-16H3,(H4,90,91,92)/t59-,60-,61?,63?,65-,66-,67-,68+,69+,70+,72+,73+,74+/m0/s1. The van der Waals surface area contributed by atoms with Gasteiger partial charge in [-0.25, -0.2) is 0 Å². The Kier molecular flexibility index (Phi) is 47.6. The molecule has 0 aliphatic carbocycles. The van der Waals surface area contributed by atoms with Crippen LogP contribution in [0.3, 0.4) is 0 Å². The summed E-state index contributed by atoms with van der Waals surface area (Å²) >= 11 is 4.06. The zero-order chi connectivity index (χ0) is 86.5. The van der Waals surface area contributed by atoms with Gasteiger partial charge in [0.1, 0.15) is 75.2 Å². The van der Waals surface area contributed by atoms with Crippen molar-refractivity contribution in [2.24, 2.45) is 117 Å². The number of hydrogen-bond acceptors (Lipinski definition) is 21. The zero-order valence-electron chi connectivity index (χ0n) is 72.1. The van der Waals surface area contributed by atoms with E-state index in [1.165, 1.54) is 63.8 Å². The van der Waals surface area contributed by atoms with Crippen molar-refractivity contribution in [3.8, 4) is 0 Å². The Balaban J connectivity index is 2.03. The Morgan fingerprint density at radius 1 is 0.565 bits per heavy atom. The molecule has 0 radical (unpaired) electrons. The van der Waals surface area contributed by atoms with Crippen LogP contribution >= 0.6 is 35.3 Å². The van der Waals surface area contributed by atoms with Crippen LogP contribution < -0.4 is 11.5 Å². The Bertz CT molecular complexity index is 3440. The molecular weight excluding hydrogens is 1520 g/mol. The average Bonchev–Trinajstić information content (AvgIpc) is 0.838. The topological polar surface area (TPSA) is 367 Å². The molecule has 3 amide bonds. The summed E-state index contributed by atoms with van der Waals surface area (Å²) in [5, 5.41) is 11.2. The normalized spacial score (nSPS) is 20.7. The number of hydrogen-bond donors (Lipinski definition) is 3. The van der Waals surface area contributed by atoms with Crippen LogP contribution in [0.4, 0.5) is 0 Å². The number of nitrogens with zero attached hydrogens (tertiary/aromatic N) is 4. The smallest absolute Gasteiger partial charge is 0.226 e. The van der Waals surface area contributed by atoms with Gasteiger partial charge >= 0.3 is 0 Å². The third-order valence-corrected chi connectivity index (χ3v) is 25.9. The number of aliphatic hydroxyl groups excluding tert-OH is 1. The van der Waals surface area contributed by atoms with E-state index in [0.717, 1.165) is 5.56 Å². The number of guanidine groups is 1. The lowest BCUT2D eigenvalue weighted by atomic mass is 9.77. The first-order valence-corrected chi connectivity index (χ1v) is 45.7. The van der Waals surface area contributed by atoms with Crippen molar-refractivity contribution in [1.82, 2.24) is 14.7 Å². The fourth-order valence-corrected chi connectivity index (χ4v) is 18.5. The fourth-order valence-electron chi connectivity index (χ4n) is 15.2. The lowest BCUT2D eigenvalue weighted by Crippen LogP contribution is -2.59. The van der Waals surface area contributed by atoms with Crippen molar-refractivity contribution < 1.29 is 81.8 Å². The van der Waals surface area contributed by atoms with Crippen LogP contribution in [-0.4, -0.2) is 186 Å². The Morgan fingerprint density at radius 2 is 1.11 bits per heavy atom. The summed E-state index contributed by atoms with van der Waals surface area (Å²) in [6.45, 7) is 28.4. The van der Waals surface area contributed by atoms with Gasteiger partial charge in [0.2, 0.25) is 17.7 Å². The van der Waals surface area contributed by atoms with Gasteiger partial charge in [-0.1, -0.05) is 134 Å². The predicted octanol–water partition coefficient (Wildman–Crippen LogP) is 12.8. The lowest BCUT2D eigenvalue weighted by molar-refractivity contribution is -0.158. The summed E-state index contributed by atoms with van der Waals surface area (Å²) in [7, 11) is 0. The average molecular weight is 1660 g/mol. The minimum atomic E-state index is -1.33. The zero-order valence-corrected chi connectivity index (χ0v) is 74.5. The number of amides is 3. The highest BCUT2D eigenvalue weighted by atomic mass is 32.2. The van der Waals surface area contributed by atoms with Crippen molar-refractivity contribution in [3.05, 3.63) is 35.9 Å². The van der Waals surface area contributed by atoms with Gasteiger partial charge in [-0.05, 0) is 81.1 Å².